The number of carbonyl (C=O) groups is 1. The minimum atomic E-state index is -0.471. The maximum Gasteiger partial charge on any atom is 0.270 e. The lowest BCUT2D eigenvalue weighted by molar-refractivity contribution is -0.384. The number of non-ortho nitro benzene ring substituents is 1. The van der Waals surface area contributed by atoms with Gasteiger partial charge in [0, 0.05) is 29.6 Å². The average molecular weight is 355 g/mol. The van der Waals surface area contributed by atoms with Crippen molar-refractivity contribution in [2.24, 2.45) is 11.8 Å². The second kappa shape index (κ2) is 7.02. The van der Waals surface area contributed by atoms with Crippen LogP contribution in [0.3, 0.4) is 0 Å². The van der Waals surface area contributed by atoms with Crippen molar-refractivity contribution in [1.29, 1.82) is 0 Å². The average Bonchev–Trinajstić information content (AvgIpc) is 2.91. The van der Waals surface area contributed by atoms with Gasteiger partial charge in [0.05, 0.1) is 4.92 Å². The molecule has 1 saturated carbocycles. The predicted molar refractivity (Wildman–Crippen MR) is 84.8 cm³/mol. The summed E-state index contributed by atoms with van der Waals surface area (Å²) in [5, 5.41) is 14.7. The van der Waals surface area contributed by atoms with E-state index in [0.29, 0.717) is 29.5 Å². The Kier molecular flexibility index (Phi) is 5.33. The molecule has 5 nitrogen and oxygen atoms in total. The van der Waals surface area contributed by atoms with Crippen LogP contribution in [-0.2, 0) is 0 Å². The summed E-state index contributed by atoms with van der Waals surface area (Å²) in [7, 11) is 0. The fourth-order valence-corrected chi connectivity index (χ4v) is 3.76. The van der Waals surface area contributed by atoms with E-state index < -0.39 is 4.92 Å². The number of nitrogens with one attached hydrogen (secondary N) is 1. The number of nitrogens with zero attached hydrogens (tertiary/aromatic N) is 1. The zero-order valence-corrected chi connectivity index (χ0v) is 13.6. The Bertz CT molecular complexity index is 548. The van der Waals surface area contributed by atoms with Gasteiger partial charge in [-0.25, -0.2) is 0 Å². The minimum absolute atomic E-state index is 0.0423. The van der Waals surface area contributed by atoms with Gasteiger partial charge in [0.15, 0.2) is 0 Å². The van der Waals surface area contributed by atoms with Crippen molar-refractivity contribution in [3.8, 4) is 0 Å². The second-order valence-corrected chi connectivity index (χ2v) is 6.28. The Labute approximate surface area is 132 Å². The lowest BCUT2D eigenvalue weighted by atomic mass is 9.98. The van der Waals surface area contributed by atoms with Gasteiger partial charge in [-0.05, 0) is 43.2 Å². The fraction of sp³-hybridized carbons (Fsp3) is 0.533. The van der Waals surface area contributed by atoms with Crippen LogP contribution in [0.1, 0.15) is 35.2 Å². The molecule has 6 heteroatoms. The number of carbonyl (C=O) groups excluding carboxylic acids is 1. The summed E-state index contributed by atoms with van der Waals surface area (Å²) < 4.78 is 0. The number of rotatable bonds is 5. The molecule has 114 valence electrons. The Balaban J connectivity index is 2.02. The Morgan fingerprint density at radius 1 is 1.38 bits per heavy atom. The van der Waals surface area contributed by atoms with E-state index in [4.69, 9.17) is 0 Å². The van der Waals surface area contributed by atoms with Gasteiger partial charge in [0.1, 0.15) is 0 Å². The van der Waals surface area contributed by atoms with Crippen LogP contribution in [-0.4, -0.2) is 22.7 Å². The number of hydrogen-bond donors (Lipinski definition) is 1. The number of benzene rings is 1. The SMILES string of the molecule is Cc1cc(C(=O)NCC2CCCC2CBr)cc([N+](=O)[O-])c1. The van der Waals surface area contributed by atoms with Gasteiger partial charge in [-0.2, -0.15) is 0 Å². The summed E-state index contributed by atoms with van der Waals surface area (Å²) in [6.07, 6.45) is 3.53. The number of amides is 1. The summed E-state index contributed by atoms with van der Waals surface area (Å²) in [6.45, 7) is 2.39. The number of hydrogen-bond acceptors (Lipinski definition) is 3. The molecule has 2 unspecified atom stereocenters. The number of nitro groups is 1. The van der Waals surface area contributed by atoms with E-state index in [1.807, 2.05) is 0 Å². The van der Waals surface area contributed by atoms with Crippen molar-refractivity contribution < 1.29 is 9.72 Å². The number of nitro benzene ring substituents is 1. The third-order valence-electron chi connectivity index (χ3n) is 4.07. The van der Waals surface area contributed by atoms with Crippen LogP contribution in [0.25, 0.3) is 0 Å². The molecule has 1 amide bonds. The molecular formula is C15H19BrN2O3. The highest BCUT2D eigenvalue weighted by Gasteiger charge is 2.26. The van der Waals surface area contributed by atoms with Crippen LogP contribution in [0, 0.1) is 28.9 Å². The smallest absolute Gasteiger partial charge is 0.270 e. The molecular weight excluding hydrogens is 336 g/mol. The van der Waals surface area contributed by atoms with Gasteiger partial charge in [-0.1, -0.05) is 22.4 Å². The van der Waals surface area contributed by atoms with Crippen LogP contribution in [0.2, 0.25) is 0 Å². The quantitative estimate of drug-likeness (QED) is 0.500. The molecule has 1 aromatic carbocycles. The van der Waals surface area contributed by atoms with E-state index >= 15 is 0 Å². The largest absolute Gasteiger partial charge is 0.352 e. The summed E-state index contributed by atoms with van der Waals surface area (Å²) in [4.78, 5) is 22.6. The first-order valence-corrected chi connectivity index (χ1v) is 8.23. The van der Waals surface area contributed by atoms with E-state index in [-0.39, 0.29) is 11.6 Å². The Morgan fingerprint density at radius 3 is 2.76 bits per heavy atom. The van der Waals surface area contributed by atoms with Crippen molar-refractivity contribution in [3.63, 3.8) is 0 Å². The van der Waals surface area contributed by atoms with Gasteiger partial charge in [-0.15, -0.1) is 0 Å². The maximum atomic E-state index is 12.2. The first-order chi connectivity index (χ1) is 10.0. The van der Waals surface area contributed by atoms with Gasteiger partial charge < -0.3 is 5.32 Å². The molecule has 0 heterocycles. The number of aryl methyl sites for hydroxylation is 1. The summed E-state index contributed by atoms with van der Waals surface area (Å²) in [6, 6.07) is 4.48. The van der Waals surface area contributed by atoms with Crippen molar-refractivity contribution in [2.75, 3.05) is 11.9 Å². The Morgan fingerprint density at radius 2 is 2.10 bits per heavy atom. The molecule has 1 fully saturated rings. The first kappa shape index (κ1) is 15.9. The zero-order valence-electron chi connectivity index (χ0n) is 12.0. The molecule has 2 rings (SSSR count). The molecule has 0 spiro atoms. The lowest BCUT2D eigenvalue weighted by Crippen LogP contribution is -2.31. The van der Waals surface area contributed by atoms with Gasteiger partial charge in [0.2, 0.25) is 0 Å². The van der Waals surface area contributed by atoms with Crippen LogP contribution in [0.15, 0.2) is 18.2 Å². The Hall–Kier alpha value is -1.43. The van der Waals surface area contributed by atoms with Crippen molar-refractivity contribution in [2.45, 2.75) is 26.2 Å². The second-order valence-electron chi connectivity index (χ2n) is 5.63. The molecule has 0 saturated heterocycles. The third-order valence-corrected chi connectivity index (χ3v) is 4.91. The van der Waals surface area contributed by atoms with E-state index in [2.05, 4.69) is 21.2 Å². The topological polar surface area (TPSA) is 72.2 Å². The van der Waals surface area contributed by atoms with Gasteiger partial charge in [0.25, 0.3) is 11.6 Å². The highest BCUT2D eigenvalue weighted by atomic mass is 79.9. The van der Waals surface area contributed by atoms with Crippen LogP contribution >= 0.6 is 15.9 Å². The van der Waals surface area contributed by atoms with E-state index in [0.717, 1.165) is 11.8 Å². The monoisotopic (exact) mass is 354 g/mol. The molecule has 1 aromatic rings. The first-order valence-electron chi connectivity index (χ1n) is 7.11. The van der Waals surface area contributed by atoms with Crippen molar-refractivity contribution in [3.05, 3.63) is 39.4 Å². The normalized spacial score (nSPS) is 21.2. The van der Waals surface area contributed by atoms with E-state index in [9.17, 15) is 14.9 Å². The lowest BCUT2D eigenvalue weighted by Gasteiger charge is -2.17. The molecule has 1 N–H and O–H groups in total. The summed E-state index contributed by atoms with van der Waals surface area (Å²) >= 11 is 3.52. The summed E-state index contributed by atoms with van der Waals surface area (Å²) in [5.74, 6) is 0.868. The minimum Gasteiger partial charge on any atom is -0.352 e. The molecule has 2 atom stereocenters. The summed E-state index contributed by atoms with van der Waals surface area (Å²) in [5.41, 5.74) is 1.03. The highest BCUT2D eigenvalue weighted by molar-refractivity contribution is 9.09. The van der Waals surface area contributed by atoms with Crippen molar-refractivity contribution in [1.82, 2.24) is 5.32 Å². The standard InChI is InChI=1S/C15H19BrN2O3/c1-10-5-13(7-14(6-10)18(20)21)15(19)17-9-12-4-2-3-11(12)8-16/h5-7,11-12H,2-4,8-9H2,1H3,(H,17,19). The van der Waals surface area contributed by atoms with E-state index in [1.165, 1.54) is 25.0 Å². The van der Waals surface area contributed by atoms with Crippen molar-refractivity contribution >= 4 is 27.5 Å². The molecule has 0 aromatic heterocycles. The van der Waals surface area contributed by atoms with Gasteiger partial charge in [-0.3, -0.25) is 14.9 Å². The number of alkyl halides is 1. The maximum absolute atomic E-state index is 12.2. The molecule has 0 bridgehead atoms. The molecule has 0 radical (unpaired) electrons. The highest BCUT2D eigenvalue weighted by Crippen LogP contribution is 2.32. The van der Waals surface area contributed by atoms with Gasteiger partial charge >= 0.3 is 0 Å². The van der Waals surface area contributed by atoms with Crippen LogP contribution in [0.4, 0.5) is 5.69 Å². The van der Waals surface area contributed by atoms with Crippen LogP contribution in [0.5, 0.6) is 0 Å². The van der Waals surface area contributed by atoms with E-state index in [1.54, 1.807) is 13.0 Å². The third kappa shape index (κ3) is 4.03. The number of halogens is 1. The molecule has 0 aliphatic heterocycles. The predicted octanol–water partition coefficient (Wildman–Crippen LogP) is 3.44. The fourth-order valence-electron chi connectivity index (χ4n) is 2.91. The molecule has 1 aliphatic rings. The van der Waals surface area contributed by atoms with Crippen LogP contribution < -0.4 is 5.32 Å². The zero-order chi connectivity index (χ0) is 15.4. The molecule has 1 aliphatic carbocycles. The molecule has 21 heavy (non-hydrogen) atoms.